The minimum absolute atomic E-state index is 0.108. The van der Waals surface area contributed by atoms with Crippen molar-refractivity contribution in [3.8, 4) is 0 Å². The van der Waals surface area contributed by atoms with Gasteiger partial charge in [0.05, 0.1) is 6.10 Å². The number of hydrogen-bond acceptors (Lipinski definition) is 2. The van der Waals surface area contributed by atoms with Gasteiger partial charge in [0.15, 0.2) is 0 Å². The third kappa shape index (κ3) is 2.28. The van der Waals surface area contributed by atoms with Gasteiger partial charge in [0.2, 0.25) is 0 Å². The van der Waals surface area contributed by atoms with E-state index in [0.717, 1.165) is 25.7 Å². The first-order chi connectivity index (χ1) is 7.60. The fraction of sp³-hybridized carbons (Fsp3) is 0.571. The van der Waals surface area contributed by atoms with Gasteiger partial charge < -0.3 is 10.8 Å². The number of rotatable bonds is 2. The highest BCUT2D eigenvalue weighted by atomic mass is 16.3. The lowest BCUT2D eigenvalue weighted by molar-refractivity contribution is 0.0855. The molecule has 1 saturated carbocycles. The quantitative estimate of drug-likeness (QED) is 0.802. The van der Waals surface area contributed by atoms with Gasteiger partial charge in [-0.2, -0.15) is 0 Å². The summed E-state index contributed by atoms with van der Waals surface area (Å²) in [4.78, 5) is 0. The molecule has 2 heteroatoms. The van der Waals surface area contributed by atoms with Crippen LogP contribution in [0.2, 0.25) is 0 Å². The lowest BCUT2D eigenvalue weighted by Gasteiger charge is -2.38. The van der Waals surface area contributed by atoms with Crippen molar-refractivity contribution >= 4 is 0 Å². The number of aliphatic hydroxyl groups excluding tert-OH is 1. The van der Waals surface area contributed by atoms with Crippen molar-refractivity contribution in [2.75, 3.05) is 0 Å². The molecule has 1 unspecified atom stereocenters. The molecule has 1 aliphatic carbocycles. The van der Waals surface area contributed by atoms with Crippen molar-refractivity contribution < 1.29 is 5.11 Å². The summed E-state index contributed by atoms with van der Waals surface area (Å²) < 4.78 is 0. The number of benzene rings is 1. The maximum Gasteiger partial charge on any atom is 0.0540 e. The molecule has 0 aliphatic heterocycles. The van der Waals surface area contributed by atoms with Crippen molar-refractivity contribution in [1.82, 2.24) is 0 Å². The van der Waals surface area contributed by atoms with Crippen molar-refractivity contribution in [1.29, 1.82) is 0 Å². The minimum Gasteiger partial charge on any atom is -0.393 e. The molecule has 0 heterocycles. The standard InChI is InChI=1S/C14H21NO/c1-14(15,11-5-3-2-4-6-11)12-7-9-13(16)10-8-12/h2-6,12-13,16H,7-10,15H2,1H3. The summed E-state index contributed by atoms with van der Waals surface area (Å²) >= 11 is 0. The lowest BCUT2D eigenvalue weighted by atomic mass is 9.72. The van der Waals surface area contributed by atoms with Gasteiger partial charge in [-0.3, -0.25) is 0 Å². The van der Waals surface area contributed by atoms with Gasteiger partial charge in [-0.25, -0.2) is 0 Å². The van der Waals surface area contributed by atoms with Crippen molar-refractivity contribution in [2.45, 2.75) is 44.2 Å². The van der Waals surface area contributed by atoms with Crippen LogP contribution < -0.4 is 5.73 Å². The van der Waals surface area contributed by atoms with Crippen LogP contribution in [0.5, 0.6) is 0 Å². The summed E-state index contributed by atoms with van der Waals surface area (Å²) in [5.74, 6) is 0.485. The zero-order valence-electron chi connectivity index (χ0n) is 9.89. The Balaban J connectivity index is 2.13. The predicted molar refractivity (Wildman–Crippen MR) is 65.9 cm³/mol. The Bertz CT molecular complexity index is 326. The summed E-state index contributed by atoms with van der Waals surface area (Å²) in [5, 5.41) is 9.52. The Kier molecular flexibility index (Phi) is 3.31. The highest BCUT2D eigenvalue weighted by Crippen LogP contribution is 2.37. The molecule has 1 aromatic carbocycles. The zero-order chi connectivity index (χ0) is 11.6. The molecule has 0 bridgehead atoms. The minimum atomic E-state index is -0.262. The van der Waals surface area contributed by atoms with E-state index >= 15 is 0 Å². The SMILES string of the molecule is CC(N)(c1ccccc1)C1CCC(O)CC1. The van der Waals surface area contributed by atoms with E-state index in [1.54, 1.807) is 0 Å². The van der Waals surface area contributed by atoms with Crippen molar-refractivity contribution in [2.24, 2.45) is 11.7 Å². The fourth-order valence-corrected chi connectivity index (χ4v) is 2.71. The molecule has 16 heavy (non-hydrogen) atoms. The van der Waals surface area contributed by atoms with Crippen LogP contribution in [0.15, 0.2) is 30.3 Å². The van der Waals surface area contributed by atoms with E-state index in [0.29, 0.717) is 5.92 Å². The molecule has 2 nitrogen and oxygen atoms in total. The summed E-state index contributed by atoms with van der Waals surface area (Å²) in [7, 11) is 0. The Labute approximate surface area is 97.5 Å². The van der Waals surface area contributed by atoms with Crippen LogP contribution in [0, 0.1) is 5.92 Å². The largest absolute Gasteiger partial charge is 0.393 e. The third-order valence-electron chi connectivity index (χ3n) is 3.94. The molecule has 0 aromatic heterocycles. The molecule has 2 rings (SSSR count). The van der Waals surface area contributed by atoms with E-state index in [9.17, 15) is 5.11 Å². The average Bonchev–Trinajstić information content (AvgIpc) is 2.31. The van der Waals surface area contributed by atoms with E-state index < -0.39 is 0 Å². The Morgan fingerprint density at radius 1 is 1.12 bits per heavy atom. The molecule has 88 valence electrons. The first-order valence-corrected chi connectivity index (χ1v) is 6.13. The lowest BCUT2D eigenvalue weighted by Crippen LogP contribution is -2.43. The van der Waals surface area contributed by atoms with Gasteiger partial charge in [0.1, 0.15) is 0 Å². The van der Waals surface area contributed by atoms with Crippen LogP contribution >= 0.6 is 0 Å². The highest BCUT2D eigenvalue weighted by Gasteiger charge is 2.34. The fourth-order valence-electron chi connectivity index (χ4n) is 2.71. The number of nitrogens with two attached hydrogens (primary N) is 1. The summed E-state index contributed by atoms with van der Waals surface area (Å²) in [6, 6.07) is 10.3. The third-order valence-corrected chi connectivity index (χ3v) is 3.94. The smallest absolute Gasteiger partial charge is 0.0540 e. The summed E-state index contributed by atoms with van der Waals surface area (Å²) in [6.07, 6.45) is 3.74. The molecule has 1 fully saturated rings. The normalized spacial score (nSPS) is 29.7. The molecule has 0 saturated heterocycles. The molecule has 3 N–H and O–H groups in total. The maximum absolute atomic E-state index is 9.52. The van der Waals surface area contributed by atoms with Crippen LogP contribution in [0.4, 0.5) is 0 Å². The Hall–Kier alpha value is -0.860. The van der Waals surface area contributed by atoms with Crippen molar-refractivity contribution in [3.05, 3.63) is 35.9 Å². The topological polar surface area (TPSA) is 46.2 Å². The van der Waals surface area contributed by atoms with E-state index in [2.05, 4.69) is 19.1 Å². The molecule has 0 radical (unpaired) electrons. The highest BCUT2D eigenvalue weighted by molar-refractivity contribution is 5.24. The molecule has 0 spiro atoms. The first kappa shape index (κ1) is 11.6. The number of aliphatic hydroxyl groups is 1. The molecular formula is C14H21NO. The second kappa shape index (κ2) is 4.56. The second-order valence-electron chi connectivity index (χ2n) is 5.15. The maximum atomic E-state index is 9.52. The van der Waals surface area contributed by atoms with Crippen LogP contribution in [0.3, 0.4) is 0 Å². The first-order valence-electron chi connectivity index (χ1n) is 6.13. The number of hydrogen-bond donors (Lipinski definition) is 2. The van der Waals surface area contributed by atoms with E-state index in [-0.39, 0.29) is 11.6 Å². The molecule has 1 atom stereocenters. The van der Waals surface area contributed by atoms with Gasteiger partial charge in [-0.1, -0.05) is 30.3 Å². The predicted octanol–water partition coefficient (Wildman–Crippen LogP) is 2.41. The average molecular weight is 219 g/mol. The van der Waals surface area contributed by atoms with Crippen LogP contribution in [0.1, 0.15) is 38.2 Å². The van der Waals surface area contributed by atoms with Crippen LogP contribution in [-0.2, 0) is 5.54 Å². The molecule has 0 amide bonds. The summed E-state index contributed by atoms with van der Waals surface area (Å²) in [5.41, 5.74) is 7.42. The summed E-state index contributed by atoms with van der Waals surface area (Å²) in [6.45, 7) is 2.12. The van der Waals surface area contributed by atoms with Crippen molar-refractivity contribution in [3.63, 3.8) is 0 Å². The monoisotopic (exact) mass is 219 g/mol. The second-order valence-corrected chi connectivity index (χ2v) is 5.15. The Morgan fingerprint density at radius 3 is 2.25 bits per heavy atom. The molecular weight excluding hydrogens is 198 g/mol. The molecule has 1 aliphatic rings. The van der Waals surface area contributed by atoms with E-state index in [1.807, 2.05) is 18.2 Å². The van der Waals surface area contributed by atoms with Gasteiger partial charge >= 0.3 is 0 Å². The van der Waals surface area contributed by atoms with Crippen LogP contribution in [0.25, 0.3) is 0 Å². The van der Waals surface area contributed by atoms with E-state index in [1.165, 1.54) is 5.56 Å². The van der Waals surface area contributed by atoms with Gasteiger partial charge in [-0.05, 0) is 44.1 Å². The van der Waals surface area contributed by atoms with Gasteiger partial charge in [0.25, 0.3) is 0 Å². The van der Waals surface area contributed by atoms with Gasteiger partial charge in [-0.15, -0.1) is 0 Å². The van der Waals surface area contributed by atoms with E-state index in [4.69, 9.17) is 5.73 Å². The molecule has 1 aromatic rings. The van der Waals surface area contributed by atoms with Crippen LogP contribution in [-0.4, -0.2) is 11.2 Å². The zero-order valence-corrected chi connectivity index (χ0v) is 9.89. The van der Waals surface area contributed by atoms with Gasteiger partial charge in [0, 0.05) is 5.54 Å². The Morgan fingerprint density at radius 2 is 1.69 bits per heavy atom.